The van der Waals surface area contributed by atoms with Crippen molar-refractivity contribution in [3.63, 3.8) is 0 Å². The van der Waals surface area contributed by atoms with E-state index in [1.54, 1.807) is 24.3 Å². The molecule has 0 radical (unpaired) electrons. The van der Waals surface area contributed by atoms with Gasteiger partial charge in [0.1, 0.15) is 0 Å². The number of nitrogens with one attached hydrogen (secondary N) is 1. The topological polar surface area (TPSA) is 66.4 Å². The van der Waals surface area contributed by atoms with Crippen LogP contribution in [0.25, 0.3) is 0 Å². The normalized spacial score (nSPS) is 12.9. The van der Waals surface area contributed by atoms with Crippen molar-refractivity contribution >= 4 is 15.5 Å². The smallest absolute Gasteiger partial charge is 0.177 e. The Labute approximate surface area is 119 Å². The lowest BCUT2D eigenvalue weighted by atomic mass is 10.1. The Balaban J connectivity index is 2.34. The van der Waals surface area contributed by atoms with Gasteiger partial charge >= 0.3 is 0 Å². The van der Waals surface area contributed by atoms with Gasteiger partial charge in [-0.2, -0.15) is 0 Å². The second kappa shape index (κ2) is 6.07. The summed E-state index contributed by atoms with van der Waals surface area (Å²) in [6, 6.07) is 15.8. The van der Waals surface area contributed by atoms with Crippen LogP contribution >= 0.6 is 0 Å². The zero-order valence-electron chi connectivity index (χ0n) is 11.2. The first kappa shape index (κ1) is 14.6. The van der Waals surface area contributed by atoms with Gasteiger partial charge in [0.2, 0.25) is 0 Å². The molecule has 106 valence electrons. The number of sulfone groups is 1. The molecule has 0 bridgehead atoms. The molecule has 0 spiro atoms. The van der Waals surface area contributed by atoms with Gasteiger partial charge in [-0.15, -0.1) is 0 Å². The van der Waals surface area contributed by atoms with E-state index in [1.807, 2.05) is 30.3 Å². The standard InChI is InChI=1S/C15H17NO3S/c1-20(18,19)15-10-6-5-9-13(15)16-14(11-17)12-7-3-2-4-8-12/h2-10,14,16-17H,11H2,1H3. The van der Waals surface area contributed by atoms with E-state index in [1.165, 1.54) is 6.26 Å². The van der Waals surface area contributed by atoms with Crippen molar-refractivity contribution in [3.8, 4) is 0 Å². The van der Waals surface area contributed by atoms with Crippen LogP contribution in [0.1, 0.15) is 11.6 Å². The SMILES string of the molecule is CS(=O)(=O)c1ccccc1NC(CO)c1ccccc1. The maximum Gasteiger partial charge on any atom is 0.177 e. The highest BCUT2D eigenvalue weighted by Gasteiger charge is 2.16. The van der Waals surface area contributed by atoms with E-state index >= 15 is 0 Å². The summed E-state index contributed by atoms with van der Waals surface area (Å²) in [6.07, 6.45) is 1.17. The van der Waals surface area contributed by atoms with Crippen LogP contribution in [0.3, 0.4) is 0 Å². The summed E-state index contributed by atoms with van der Waals surface area (Å²) in [4.78, 5) is 0.231. The monoisotopic (exact) mass is 291 g/mol. The van der Waals surface area contributed by atoms with Crippen LogP contribution < -0.4 is 5.32 Å². The van der Waals surface area contributed by atoms with Gasteiger partial charge in [-0.3, -0.25) is 0 Å². The molecule has 0 fully saturated rings. The Morgan fingerprint density at radius 3 is 2.25 bits per heavy atom. The maximum absolute atomic E-state index is 11.8. The van der Waals surface area contributed by atoms with Crippen LogP contribution in [-0.4, -0.2) is 26.4 Å². The Morgan fingerprint density at radius 1 is 1.05 bits per heavy atom. The van der Waals surface area contributed by atoms with Gasteiger partial charge in [-0.25, -0.2) is 8.42 Å². The highest BCUT2D eigenvalue weighted by atomic mass is 32.2. The summed E-state index contributed by atoms with van der Waals surface area (Å²) >= 11 is 0. The molecule has 0 heterocycles. The van der Waals surface area contributed by atoms with Gasteiger partial charge in [-0.05, 0) is 17.7 Å². The van der Waals surface area contributed by atoms with Crippen LogP contribution in [0.15, 0.2) is 59.5 Å². The molecule has 5 heteroatoms. The van der Waals surface area contributed by atoms with Crippen molar-refractivity contribution in [2.24, 2.45) is 0 Å². The Kier molecular flexibility index (Phi) is 4.42. The molecule has 0 aliphatic rings. The number of hydrogen-bond donors (Lipinski definition) is 2. The van der Waals surface area contributed by atoms with Crippen molar-refractivity contribution in [2.75, 3.05) is 18.2 Å². The van der Waals surface area contributed by atoms with Gasteiger partial charge in [0.15, 0.2) is 9.84 Å². The molecule has 1 unspecified atom stereocenters. The third-order valence-corrected chi connectivity index (χ3v) is 4.16. The summed E-state index contributed by atoms with van der Waals surface area (Å²) in [5.41, 5.74) is 1.40. The number of anilines is 1. The Morgan fingerprint density at radius 2 is 1.65 bits per heavy atom. The largest absolute Gasteiger partial charge is 0.394 e. The van der Waals surface area contributed by atoms with Crippen LogP contribution in [-0.2, 0) is 9.84 Å². The average molecular weight is 291 g/mol. The van der Waals surface area contributed by atoms with Gasteiger partial charge in [0.05, 0.1) is 23.2 Å². The Hall–Kier alpha value is -1.85. The van der Waals surface area contributed by atoms with E-state index in [2.05, 4.69) is 5.32 Å². The Bertz CT molecular complexity index is 669. The van der Waals surface area contributed by atoms with E-state index in [-0.39, 0.29) is 17.5 Å². The molecule has 0 saturated heterocycles. The molecule has 0 saturated carbocycles. The van der Waals surface area contributed by atoms with Gasteiger partial charge in [0, 0.05) is 6.26 Å². The van der Waals surface area contributed by atoms with Crippen LogP contribution in [0.5, 0.6) is 0 Å². The molecule has 1 atom stereocenters. The number of aliphatic hydroxyl groups excluding tert-OH is 1. The molecule has 0 aliphatic heterocycles. The molecule has 2 aromatic carbocycles. The lowest BCUT2D eigenvalue weighted by Crippen LogP contribution is -2.16. The third-order valence-electron chi connectivity index (χ3n) is 3.00. The predicted octanol–water partition coefficient (Wildman–Crippen LogP) is 2.24. The fourth-order valence-electron chi connectivity index (χ4n) is 2.02. The summed E-state index contributed by atoms with van der Waals surface area (Å²) in [5, 5.41) is 12.6. The summed E-state index contributed by atoms with van der Waals surface area (Å²) in [6.45, 7) is -0.123. The van der Waals surface area contributed by atoms with Crippen LogP contribution in [0, 0.1) is 0 Å². The number of aliphatic hydroxyl groups is 1. The molecule has 0 aromatic heterocycles. The van der Waals surface area contributed by atoms with Gasteiger partial charge in [0.25, 0.3) is 0 Å². The lowest BCUT2D eigenvalue weighted by Gasteiger charge is -2.19. The van der Waals surface area contributed by atoms with Crippen molar-refractivity contribution < 1.29 is 13.5 Å². The fourth-order valence-corrected chi connectivity index (χ4v) is 2.87. The minimum absolute atomic E-state index is 0.123. The van der Waals surface area contributed by atoms with Crippen LogP contribution in [0.4, 0.5) is 5.69 Å². The molecular weight excluding hydrogens is 274 g/mol. The first-order valence-electron chi connectivity index (χ1n) is 6.24. The third kappa shape index (κ3) is 3.37. The van der Waals surface area contributed by atoms with E-state index < -0.39 is 9.84 Å². The second-order valence-corrected chi connectivity index (χ2v) is 6.54. The minimum Gasteiger partial charge on any atom is -0.394 e. The first-order valence-corrected chi connectivity index (χ1v) is 8.13. The summed E-state index contributed by atoms with van der Waals surface area (Å²) in [7, 11) is -3.31. The number of benzene rings is 2. The first-order chi connectivity index (χ1) is 9.52. The molecule has 2 rings (SSSR count). The molecule has 2 N–H and O–H groups in total. The van der Waals surface area contributed by atoms with Crippen molar-refractivity contribution in [3.05, 3.63) is 60.2 Å². The van der Waals surface area contributed by atoms with Crippen molar-refractivity contribution in [2.45, 2.75) is 10.9 Å². The minimum atomic E-state index is -3.31. The number of para-hydroxylation sites is 1. The van der Waals surface area contributed by atoms with Crippen molar-refractivity contribution in [1.82, 2.24) is 0 Å². The highest BCUT2D eigenvalue weighted by Crippen LogP contribution is 2.25. The molecule has 20 heavy (non-hydrogen) atoms. The van der Waals surface area contributed by atoms with E-state index in [4.69, 9.17) is 0 Å². The zero-order valence-corrected chi connectivity index (χ0v) is 12.0. The van der Waals surface area contributed by atoms with Gasteiger partial charge in [-0.1, -0.05) is 42.5 Å². The summed E-state index contributed by atoms with van der Waals surface area (Å²) < 4.78 is 23.5. The van der Waals surface area contributed by atoms with Crippen molar-refractivity contribution in [1.29, 1.82) is 0 Å². The van der Waals surface area contributed by atoms with Crippen LogP contribution in [0.2, 0.25) is 0 Å². The van der Waals surface area contributed by atoms with E-state index in [0.717, 1.165) is 5.56 Å². The summed E-state index contributed by atoms with van der Waals surface area (Å²) in [5.74, 6) is 0. The quantitative estimate of drug-likeness (QED) is 0.886. The molecule has 0 amide bonds. The molecule has 0 aliphatic carbocycles. The van der Waals surface area contributed by atoms with E-state index in [9.17, 15) is 13.5 Å². The zero-order chi connectivity index (χ0) is 14.6. The maximum atomic E-state index is 11.8. The highest BCUT2D eigenvalue weighted by molar-refractivity contribution is 7.90. The van der Waals surface area contributed by atoms with Gasteiger partial charge < -0.3 is 10.4 Å². The fraction of sp³-hybridized carbons (Fsp3) is 0.200. The molecular formula is C15H17NO3S. The number of rotatable bonds is 5. The average Bonchev–Trinajstić information content (AvgIpc) is 2.45. The number of hydrogen-bond acceptors (Lipinski definition) is 4. The van der Waals surface area contributed by atoms with E-state index in [0.29, 0.717) is 5.69 Å². The lowest BCUT2D eigenvalue weighted by molar-refractivity contribution is 0.276. The second-order valence-electron chi connectivity index (χ2n) is 4.56. The molecule has 4 nitrogen and oxygen atoms in total. The predicted molar refractivity (Wildman–Crippen MR) is 79.4 cm³/mol. The molecule has 2 aromatic rings.